The number of aliphatic imine (C=N–C) groups is 1. The molecule has 0 aliphatic carbocycles. The van der Waals surface area contributed by atoms with Gasteiger partial charge in [0.2, 0.25) is 0 Å². The lowest BCUT2D eigenvalue weighted by molar-refractivity contribution is -0.121. The Balaban J connectivity index is 1.85. The third-order valence-electron chi connectivity index (χ3n) is 3.95. The quantitative estimate of drug-likeness (QED) is 0.628. The number of amides is 1. The standard InChI is InChI=1S/C20H16N2O5S/c1-22-17(23)16(10-12-6-8-13(9-7-12)19(26)27-2)28-20(22)21-15-5-3-4-14(11-15)18(24)25/h3-11H,1-2H3,(H,24,25)/b16-10-,21-20?. The number of carboxylic acid groups (broad SMARTS) is 1. The molecule has 8 heteroatoms. The fourth-order valence-electron chi connectivity index (χ4n) is 2.46. The van der Waals surface area contributed by atoms with E-state index >= 15 is 0 Å². The first kappa shape index (κ1) is 19.4. The van der Waals surface area contributed by atoms with Crippen LogP contribution in [-0.2, 0) is 9.53 Å². The number of likely N-dealkylation sites (N-methyl/N-ethyl adjacent to an activating group) is 1. The van der Waals surface area contributed by atoms with E-state index in [1.165, 1.54) is 35.9 Å². The van der Waals surface area contributed by atoms with Crippen molar-refractivity contribution >= 4 is 46.5 Å². The zero-order valence-corrected chi connectivity index (χ0v) is 15.9. The van der Waals surface area contributed by atoms with E-state index in [2.05, 4.69) is 9.73 Å². The minimum Gasteiger partial charge on any atom is -0.478 e. The number of carbonyl (C=O) groups excluding carboxylic acids is 2. The number of hydrogen-bond acceptors (Lipinski definition) is 6. The van der Waals surface area contributed by atoms with E-state index in [0.29, 0.717) is 21.3 Å². The highest BCUT2D eigenvalue weighted by Crippen LogP contribution is 2.33. The van der Waals surface area contributed by atoms with Crippen molar-refractivity contribution in [2.24, 2.45) is 4.99 Å². The van der Waals surface area contributed by atoms with Crippen LogP contribution in [0, 0.1) is 0 Å². The summed E-state index contributed by atoms with van der Waals surface area (Å²) in [4.78, 5) is 41.4. The number of carbonyl (C=O) groups is 3. The SMILES string of the molecule is COC(=O)c1ccc(/C=C2\SC(=Nc3cccc(C(=O)O)c3)N(C)C2=O)cc1. The van der Waals surface area contributed by atoms with Gasteiger partial charge in [0.15, 0.2) is 5.17 Å². The highest BCUT2D eigenvalue weighted by Gasteiger charge is 2.30. The fourth-order valence-corrected chi connectivity index (χ4v) is 3.44. The number of carboxylic acids is 1. The third kappa shape index (κ3) is 4.12. The molecule has 7 nitrogen and oxygen atoms in total. The van der Waals surface area contributed by atoms with Crippen LogP contribution in [0.15, 0.2) is 58.4 Å². The number of hydrogen-bond donors (Lipinski definition) is 1. The minimum absolute atomic E-state index is 0.125. The van der Waals surface area contributed by atoms with Gasteiger partial charge < -0.3 is 9.84 Å². The van der Waals surface area contributed by atoms with Crippen LogP contribution >= 0.6 is 11.8 Å². The van der Waals surface area contributed by atoms with Gasteiger partial charge >= 0.3 is 11.9 Å². The van der Waals surface area contributed by atoms with Gasteiger partial charge in [-0.2, -0.15) is 0 Å². The summed E-state index contributed by atoms with van der Waals surface area (Å²) in [5, 5.41) is 9.53. The summed E-state index contributed by atoms with van der Waals surface area (Å²) in [5.41, 5.74) is 1.75. The lowest BCUT2D eigenvalue weighted by Gasteiger charge is -2.07. The Bertz CT molecular complexity index is 1010. The van der Waals surface area contributed by atoms with Gasteiger partial charge in [-0.3, -0.25) is 9.69 Å². The molecule has 0 bridgehead atoms. The molecule has 1 heterocycles. The molecule has 0 aromatic heterocycles. The molecule has 1 N–H and O–H groups in total. The molecule has 3 rings (SSSR count). The van der Waals surface area contributed by atoms with Crippen LogP contribution in [0.3, 0.4) is 0 Å². The summed E-state index contributed by atoms with van der Waals surface area (Å²) >= 11 is 1.19. The highest BCUT2D eigenvalue weighted by atomic mass is 32.2. The molecule has 0 spiro atoms. The average Bonchev–Trinajstić information content (AvgIpc) is 2.96. The van der Waals surface area contributed by atoms with Crippen LogP contribution in [0.1, 0.15) is 26.3 Å². The van der Waals surface area contributed by atoms with E-state index in [4.69, 9.17) is 5.11 Å². The number of ether oxygens (including phenoxy) is 1. The molecular formula is C20H16N2O5S. The molecule has 2 aromatic carbocycles. The van der Waals surface area contributed by atoms with Crippen molar-refractivity contribution in [3.05, 3.63) is 70.1 Å². The zero-order valence-electron chi connectivity index (χ0n) is 15.1. The average molecular weight is 396 g/mol. The normalized spacial score (nSPS) is 16.6. The number of amidine groups is 1. The van der Waals surface area contributed by atoms with Crippen molar-refractivity contribution in [1.82, 2.24) is 4.90 Å². The molecule has 1 aliphatic heterocycles. The second-order valence-electron chi connectivity index (χ2n) is 5.84. The second-order valence-corrected chi connectivity index (χ2v) is 6.85. The van der Waals surface area contributed by atoms with E-state index in [9.17, 15) is 14.4 Å². The number of methoxy groups -OCH3 is 1. The van der Waals surface area contributed by atoms with E-state index < -0.39 is 11.9 Å². The second kappa shape index (κ2) is 8.10. The van der Waals surface area contributed by atoms with Gasteiger partial charge in [0, 0.05) is 7.05 Å². The summed E-state index contributed by atoms with van der Waals surface area (Å²) < 4.78 is 4.66. The maximum atomic E-state index is 12.5. The van der Waals surface area contributed by atoms with Gasteiger partial charge in [0.1, 0.15) is 0 Å². The molecule has 1 saturated heterocycles. The molecule has 2 aromatic rings. The Kier molecular flexibility index (Phi) is 5.60. The summed E-state index contributed by atoms with van der Waals surface area (Å²) in [6.07, 6.45) is 1.71. The Morgan fingerprint density at radius 2 is 1.86 bits per heavy atom. The number of thioether (sulfide) groups is 1. The van der Waals surface area contributed by atoms with Gasteiger partial charge in [-0.05, 0) is 53.7 Å². The number of benzene rings is 2. The van der Waals surface area contributed by atoms with Crippen molar-refractivity contribution in [3.8, 4) is 0 Å². The maximum Gasteiger partial charge on any atom is 0.337 e. The monoisotopic (exact) mass is 396 g/mol. The first-order valence-corrected chi connectivity index (χ1v) is 8.98. The summed E-state index contributed by atoms with van der Waals surface area (Å²) in [6, 6.07) is 12.9. The molecule has 142 valence electrons. The van der Waals surface area contributed by atoms with E-state index in [-0.39, 0.29) is 11.5 Å². The van der Waals surface area contributed by atoms with Crippen LogP contribution < -0.4 is 0 Å². The Morgan fingerprint density at radius 1 is 1.14 bits per heavy atom. The first-order valence-electron chi connectivity index (χ1n) is 8.17. The topological polar surface area (TPSA) is 96.3 Å². The molecule has 28 heavy (non-hydrogen) atoms. The molecule has 1 amide bonds. The van der Waals surface area contributed by atoms with Gasteiger partial charge in [0.25, 0.3) is 5.91 Å². The van der Waals surface area contributed by atoms with E-state index in [1.807, 2.05) is 0 Å². The maximum absolute atomic E-state index is 12.5. The Morgan fingerprint density at radius 3 is 2.50 bits per heavy atom. The summed E-state index contributed by atoms with van der Waals surface area (Å²) in [7, 11) is 2.92. The van der Waals surface area contributed by atoms with E-state index in [1.54, 1.807) is 49.5 Å². The summed E-state index contributed by atoms with van der Waals surface area (Å²) in [6.45, 7) is 0. The van der Waals surface area contributed by atoms with Crippen LogP contribution in [-0.4, -0.2) is 47.2 Å². The van der Waals surface area contributed by atoms with Crippen LogP contribution in [0.5, 0.6) is 0 Å². The number of nitrogens with zero attached hydrogens (tertiary/aromatic N) is 2. The summed E-state index contributed by atoms with van der Waals surface area (Å²) in [5.74, 6) is -1.68. The zero-order chi connectivity index (χ0) is 20.3. The van der Waals surface area contributed by atoms with Crippen molar-refractivity contribution in [3.63, 3.8) is 0 Å². The Labute approximate surface area is 165 Å². The van der Waals surface area contributed by atoms with Crippen LogP contribution in [0.25, 0.3) is 6.08 Å². The van der Waals surface area contributed by atoms with Crippen molar-refractivity contribution in [2.75, 3.05) is 14.2 Å². The molecule has 0 radical (unpaired) electrons. The van der Waals surface area contributed by atoms with Crippen molar-refractivity contribution < 1.29 is 24.2 Å². The van der Waals surface area contributed by atoms with Crippen molar-refractivity contribution in [2.45, 2.75) is 0 Å². The smallest absolute Gasteiger partial charge is 0.337 e. The van der Waals surface area contributed by atoms with Gasteiger partial charge in [-0.25, -0.2) is 14.6 Å². The highest BCUT2D eigenvalue weighted by molar-refractivity contribution is 8.18. The molecule has 1 aliphatic rings. The van der Waals surface area contributed by atoms with Crippen LogP contribution in [0.4, 0.5) is 5.69 Å². The largest absolute Gasteiger partial charge is 0.478 e. The molecule has 1 fully saturated rings. The predicted molar refractivity (Wildman–Crippen MR) is 107 cm³/mol. The lowest BCUT2D eigenvalue weighted by atomic mass is 10.1. The molecular weight excluding hydrogens is 380 g/mol. The Hall–Kier alpha value is -3.39. The molecule has 0 unspecified atom stereocenters. The van der Waals surface area contributed by atoms with Gasteiger partial charge in [-0.1, -0.05) is 18.2 Å². The number of esters is 1. The number of rotatable bonds is 4. The molecule has 0 atom stereocenters. The van der Waals surface area contributed by atoms with Gasteiger partial charge in [0.05, 0.1) is 28.8 Å². The predicted octanol–water partition coefficient (Wildman–Crippen LogP) is 3.41. The lowest BCUT2D eigenvalue weighted by Crippen LogP contribution is -2.23. The fraction of sp³-hybridized carbons (Fsp3) is 0.100. The van der Waals surface area contributed by atoms with Crippen LogP contribution in [0.2, 0.25) is 0 Å². The first-order chi connectivity index (χ1) is 13.4. The minimum atomic E-state index is -1.04. The molecule has 0 saturated carbocycles. The van der Waals surface area contributed by atoms with Crippen molar-refractivity contribution in [1.29, 1.82) is 0 Å². The number of aromatic carboxylic acids is 1. The van der Waals surface area contributed by atoms with E-state index in [0.717, 1.165) is 5.56 Å². The third-order valence-corrected chi connectivity index (χ3v) is 5.01. The van der Waals surface area contributed by atoms with Gasteiger partial charge in [-0.15, -0.1) is 0 Å².